The molecule has 1 aliphatic heterocycles. The van der Waals surface area contributed by atoms with Gasteiger partial charge in [-0.15, -0.1) is 0 Å². The Kier molecular flexibility index (Phi) is 6.75. The fourth-order valence-electron chi connectivity index (χ4n) is 2.62. The molecule has 1 N–H and O–H groups in total. The molecule has 17 heavy (non-hydrogen) atoms. The van der Waals surface area contributed by atoms with Crippen LogP contribution in [-0.4, -0.2) is 42.9 Å². The van der Waals surface area contributed by atoms with Gasteiger partial charge in [-0.05, 0) is 52.4 Å². The van der Waals surface area contributed by atoms with Crippen molar-refractivity contribution in [2.45, 2.75) is 52.5 Å². The zero-order chi connectivity index (χ0) is 12.7. The molecule has 0 aromatic rings. The summed E-state index contributed by atoms with van der Waals surface area (Å²) in [5.41, 5.74) is 0. The Morgan fingerprint density at radius 3 is 2.53 bits per heavy atom. The zero-order valence-corrected chi connectivity index (χ0v) is 11.7. The smallest absolute Gasteiger partial charge is 0.135 e. The van der Waals surface area contributed by atoms with Crippen LogP contribution in [0.1, 0.15) is 46.5 Å². The Morgan fingerprint density at radius 1 is 1.35 bits per heavy atom. The third kappa shape index (κ3) is 4.76. The summed E-state index contributed by atoms with van der Waals surface area (Å²) in [6, 6.07) is 0.645. The van der Waals surface area contributed by atoms with E-state index in [0.29, 0.717) is 24.2 Å². The molecule has 3 heteroatoms. The molecule has 1 heterocycles. The van der Waals surface area contributed by atoms with Gasteiger partial charge in [0.15, 0.2) is 0 Å². The van der Waals surface area contributed by atoms with Crippen molar-refractivity contribution in [3.05, 3.63) is 0 Å². The van der Waals surface area contributed by atoms with Gasteiger partial charge in [0.1, 0.15) is 5.78 Å². The van der Waals surface area contributed by atoms with E-state index in [4.69, 9.17) is 0 Å². The van der Waals surface area contributed by atoms with Crippen LogP contribution < -0.4 is 5.32 Å². The number of nitrogens with one attached hydrogen (secondary N) is 1. The van der Waals surface area contributed by atoms with Crippen molar-refractivity contribution in [1.82, 2.24) is 10.2 Å². The highest BCUT2D eigenvalue weighted by Gasteiger charge is 2.25. The molecule has 1 fully saturated rings. The molecule has 1 aliphatic rings. The van der Waals surface area contributed by atoms with Gasteiger partial charge in [-0.3, -0.25) is 4.79 Å². The summed E-state index contributed by atoms with van der Waals surface area (Å²) in [4.78, 5) is 14.2. The van der Waals surface area contributed by atoms with Crippen LogP contribution in [0.3, 0.4) is 0 Å². The number of piperidine rings is 1. The molecule has 1 atom stereocenters. The summed E-state index contributed by atoms with van der Waals surface area (Å²) in [5, 5.41) is 3.37. The highest BCUT2D eigenvalue weighted by molar-refractivity contribution is 5.80. The Morgan fingerprint density at radius 2 is 2.00 bits per heavy atom. The van der Waals surface area contributed by atoms with E-state index in [-0.39, 0.29) is 0 Å². The van der Waals surface area contributed by atoms with Crippen molar-refractivity contribution in [2.24, 2.45) is 5.92 Å². The third-order valence-corrected chi connectivity index (χ3v) is 3.95. The molecule has 1 saturated heterocycles. The predicted molar refractivity (Wildman–Crippen MR) is 72.2 cm³/mol. The van der Waals surface area contributed by atoms with E-state index in [0.717, 1.165) is 39.0 Å². The second-order valence-corrected chi connectivity index (χ2v) is 5.12. The number of hydrogen-bond donors (Lipinski definition) is 1. The minimum atomic E-state index is 0.345. The van der Waals surface area contributed by atoms with E-state index in [1.165, 1.54) is 6.42 Å². The maximum absolute atomic E-state index is 11.6. The first-order valence-corrected chi connectivity index (χ1v) is 7.16. The minimum absolute atomic E-state index is 0.345. The molecule has 0 aromatic heterocycles. The normalized spacial score (nSPS) is 20.4. The lowest BCUT2D eigenvalue weighted by molar-refractivity contribution is -0.124. The molecule has 0 aliphatic carbocycles. The number of hydrogen-bond acceptors (Lipinski definition) is 3. The number of ketones is 1. The van der Waals surface area contributed by atoms with Gasteiger partial charge in [-0.25, -0.2) is 0 Å². The SMILES string of the molecule is CCNCCC(C)N1CCC(C(=O)CC)CC1. The van der Waals surface area contributed by atoms with Crippen molar-refractivity contribution in [2.75, 3.05) is 26.2 Å². The lowest BCUT2D eigenvalue weighted by Crippen LogP contribution is -2.42. The van der Waals surface area contributed by atoms with E-state index >= 15 is 0 Å². The lowest BCUT2D eigenvalue weighted by atomic mass is 9.90. The highest BCUT2D eigenvalue weighted by atomic mass is 16.1. The van der Waals surface area contributed by atoms with Crippen molar-refractivity contribution >= 4 is 5.78 Å². The van der Waals surface area contributed by atoms with Crippen LogP contribution in [0.4, 0.5) is 0 Å². The van der Waals surface area contributed by atoms with Crippen LogP contribution in [0.25, 0.3) is 0 Å². The molecule has 0 radical (unpaired) electrons. The summed E-state index contributed by atoms with van der Waals surface area (Å²) in [6.07, 6.45) is 4.05. The molecule has 0 saturated carbocycles. The Hall–Kier alpha value is -0.410. The number of rotatable bonds is 7. The summed E-state index contributed by atoms with van der Waals surface area (Å²) in [7, 11) is 0. The van der Waals surface area contributed by atoms with E-state index in [2.05, 4.69) is 24.1 Å². The maximum Gasteiger partial charge on any atom is 0.135 e. The van der Waals surface area contributed by atoms with Crippen molar-refractivity contribution in [3.63, 3.8) is 0 Å². The minimum Gasteiger partial charge on any atom is -0.317 e. The van der Waals surface area contributed by atoms with Gasteiger partial charge in [0.05, 0.1) is 0 Å². The van der Waals surface area contributed by atoms with Crippen LogP contribution in [-0.2, 0) is 4.79 Å². The number of nitrogens with zero attached hydrogens (tertiary/aromatic N) is 1. The molecular weight excluding hydrogens is 212 g/mol. The fraction of sp³-hybridized carbons (Fsp3) is 0.929. The molecule has 1 rings (SSSR count). The summed E-state index contributed by atoms with van der Waals surface area (Å²) < 4.78 is 0. The number of carbonyl (C=O) groups excluding carboxylic acids is 1. The van der Waals surface area contributed by atoms with E-state index < -0.39 is 0 Å². The number of likely N-dealkylation sites (tertiary alicyclic amines) is 1. The third-order valence-electron chi connectivity index (χ3n) is 3.95. The quantitative estimate of drug-likeness (QED) is 0.691. The Labute approximate surface area is 106 Å². The van der Waals surface area contributed by atoms with E-state index in [1.807, 2.05) is 6.92 Å². The number of Topliss-reactive ketones (excluding diaryl/α,β-unsaturated/α-hetero) is 1. The first-order chi connectivity index (χ1) is 8.19. The standard InChI is InChI=1S/C14H28N2O/c1-4-14(17)13-7-10-16(11-8-13)12(3)6-9-15-5-2/h12-13,15H,4-11H2,1-3H3. The van der Waals surface area contributed by atoms with Gasteiger partial charge in [0.2, 0.25) is 0 Å². The average molecular weight is 240 g/mol. The molecule has 3 nitrogen and oxygen atoms in total. The van der Waals surface area contributed by atoms with Crippen LogP contribution >= 0.6 is 0 Å². The van der Waals surface area contributed by atoms with E-state index in [9.17, 15) is 4.79 Å². The van der Waals surface area contributed by atoms with Crippen molar-refractivity contribution in [3.8, 4) is 0 Å². The molecule has 0 amide bonds. The van der Waals surface area contributed by atoms with Gasteiger partial charge in [0.25, 0.3) is 0 Å². The first-order valence-electron chi connectivity index (χ1n) is 7.16. The molecule has 0 aromatic carbocycles. The topological polar surface area (TPSA) is 32.3 Å². The zero-order valence-electron chi connectivity index (χ0n) is 11.7. The monoisotopic (exact) mass is 240 g/mol. The maximum atomic E-state index is 11.6. The molecule has 0 bridgehead atoms. The van der Waals surface area contributed by atoms with Gasteiger partial charge in [-0.1, -0.05) is 13.8 Å². The predicted octanol–water partition coefficient (Wildman–Crippen LogP) is 2.07. The molecular formula is C14H28N2O. The summed E-state index contributed by atoms with van der Waals surface area (Å²) in [5.74, 6) is 0.808. The fourth-order valence-corrected chi connectivity index (χ4v) is 2.62. The Bertz CT molecular complexity index is 222. The van der Waals surface area contributed by atoms with Crippen LogP contribution in [0, 0.1) is 5.92 Å². The average Bonchev–Trinajstić information content (AvgIpc) is 2.38. The van der Waals surface area contributed by atoms with Crippen LogP contribution in [0.15, 0.2) is 0 Å². The largest absolute Gasteiger partial charge is 0.317 e. The highest BCUT2D eigenvalue weighted by Crippen LogP contribution is 2.21. The second kappa shape index (κ2) is 7.83. The second-order valence-electron chi connectivity index (χ2n) is 5.12. The van der Waals surface area contributed by atoms with Crippen LogP contribution in [0.5, 0.6) is 0 Å². The lowest BCUT2D eigenvalue weighted by Gasteiger charge is -2.35. The van der Waals surface area contributed by atoms with Crippen molar-refractivity contribution in [1.29, 1.82) is 0 Å². The molecule has 1 unspecified atom stereocenters. The first kappa shape index (κ1) is 14.7. The molecule has 0 spiro atoms. The van der Waals surface area contributed by atoms with E-state index in [1.54, 1.807) is 0 Å². The van der Waals surface area contributed by atoms with Crippen LogP contribution in [0.2, 0.25) is 0 Å². The summed E-state index contributed by atoms with van der Waals surface area (Å²) >= 11 is 0. The number of carbonyl (C=O) groups is 1. The van der Waals surface area contributed by atoms with Gasteiger partial charge in [0, 0.05) is 18.4 Å². The van der Waals surface area contributed by atoms with Crippen molar-refractivity contribution < 1.29 is 4.79 Å². The van der Waals surface area contributed by atoms with Gasteiger partial charge >= 0.3 is 0 Å². The Balaban J connectivity index is 2.23. The van der Waals surface area contributed by atoms with Gasteiger partial charge in [-0.2, -0.15) is 0 Å². The summed E-state index contributed by atoms with van der Waals surface area (Å²) in [6.45, 7) is 10.8. The molecule has 100 valence electrons. The van der Waals surface area contributed by atoms with Gasteiger partial charge < -0.3 is 10.2 Å².